The lowest BCUT2D eigenvalue weighted by atomic mass is 10.1. The number of halogens is 1. The van der Waals surface area contributed by atoms with E-state index in [9.17, 15) is 4.79 Å². The third-order valence-corrected chi connectivity index (χ3v) is 3.94. The average molecular weight is 314 g/mol. The van der Waals surface area contributed by atoms with Gasteiger partial charge in [-0.1, -0.05) is 29.3 Å². The fourth-order valence-electron chi connectivity index (χ4n) is 2.43. The number of benzene rings is 2. The summed E-state index contributed by atoms with van der Waals surface area (Å²) in [7, 11) is 1.86. The van der Waals surface area contributed by atoms with Crippen molar-refractivity contribution in [2.45, 2.75) is 13.8 Å². The lowest BCUT2D eigenvalue weighted by Crippen LogP contribution is -2.16. The minimum atomic E-state index is -0.161. The quantitative estimate of drug-likeness (QED) is 0.774. The number of hydrogen-bond acceptors (Lipinski definition) is 2. The molecule has 0 spiro atoms. The van der Waals surface area contributed by atoms with Gasteiger partial charge in [-0.2, -0.15) is 0 Å². The Morgan fingerprint density at radius 3 is 2.73 bits per heavy atom. The van der Waals surface area contributed by atoms with Gasteiger partial charge in [-0.3, -0.25) is 10.1 Å². The molecule has 3 rings (SSSR count). The first kappa shape index (κ1) is 14.6. The van der Waals surface area contributed by atoms with Crippen LogP contribution >= 0.6 is 11.6 Å². The average Bonchev–Trinajstić information content (AvgIpc) is 2.77. The van der Waals surface area contributed by atoms with Crippen LogP contribution in [0.15, 0.2) is 36.4 Å². The first-order chi connectivity index (χ1) is 10.5. The van der Waals surface area contributed by atoms with E-state index in [0.717, 1.165) is 22.2 Å². The zero-order valence-electron chi connectivity index (χ0n) is 12.6. The van der Waals surface area contributed by atoms with E-state index in [-0.39, 0.29) is 5.91 Å². The maximum atomic E-state index is 12.5. The van der Waals surface area contributed by atoms with E-state index in [4.69, 9.17) is 11.6 Å². The molecule has 1 heterocycles. The molecule has 1 aromatic heterocycles. The maximum Gasteiger partial charge on any atom is 0.258 e. The maximum absolute atomic E-state index is 12.5. The summed E-state index contributed by atoms with van der Waals surface area (Å²) in [6.07, 6.45) is 0. The Morgan fingerprint density at radius 1 is 1.18 bits per heavy atom. The number of nitrogens with zero attached hydrogens (tertiary/aromatic N) is 2. The molecule has 1 amide bonds. The predicted octanol–water partition coefficient (Wildman–Crippen LogP) is 4.10. The van der Waals surface area contributed by atoms with Gasteiger partial charge in [-0.25, -0.2) is 4.98 Å². The van der Waals surface area contributed by atoms with Gasteiger partial charge in [0.25, 0.3) is 5.91 Å². The number of amides is 1. The molecule has 0 aliphatic heterocycles. The van der Waals surface area contributed by atoms with Crippen LogP contribution in [0, 0.1) is 13.8 Å². The van der Waals surface area contributed by atoms with Crippen LogP contribution in [0.1, 0.15) is 21.5 Å². The first-order valence-corrected chi connectivity index (χ1v) is 7.34. The lowest BCUT2D eigenvalue weighted by molar-refractivity contribution is 0.102. The molecule has 0 unspecified atom stereocenters. The number of carbonyl (C=O) groups excluding carboxylic acids is 1. The van der Waals surface area contributed by atoms with E-state index >= 15 is 0 Å². The third kappa shape index (κ3) is 2.57. The van der Waals surface area contributed by atoms with Crippen LogP contribution in [0.25, 0.3) is 11.0 Å². The van der Waals surface area contributed by atoms with Crippen molar-refractivity contribution in [1.82, 2.24) is 9.55 Å². The molecule has 0 bridgehead atoms. The highest BCUT2D eigenvalue weighted by Gasteiger charge is 2.14. The summed E-state index contributed by atoms with van der Waals surface area (Å²) in [5.74, 6) is 0.342. The molecule has 0 saturated carbocycles. The monoisotopic (exact) mass is 313 g/mol. The third-order valence-electron chi connectivity index (χ3n) is 3.71. The zero-order valence-corrected chi connectivity index (χ0v) is 13.4. The Hall–Kier alpha value is -2.33. The molecule has 0 aliphatic carbocycles. The second kappa shape index (κ2) is 5.46. The first-order valence-electron chi connectivity index (χ1n) is 6.96. The second-order valence-electron chi connectivity index (χ2n) is 5.40. The summed E-state index contributed by atoms with van der Waals surface area (Å²) >= 11 is 5.98. The van der Waals surface area contributed by atoms with Gasteiger partial charge in [-0.15, -0.1) is 0 Å². The number of hydrogen-bond donors (Lipinski definition) is 1. The normalized spacial score (nSPS) is 10.9. The highest BCUT2D eigenvalue weighted by molar-refractivity contribution is 6.31. The largest absolute Gasteiger partial charge is 0.313 e. The van der Waals surface area contributed by atoms with E-state index in [1.807, 2.05) is 55.8 Å². The minimum absolute atomic E-state index is 0.161. The molecule has 0 atom stereocenters. The van der Waals surface area contributed by atoms with Crippen molar-refractivity contribution in [2.24, 2.45) is 7.05 Å². The summed E-state index contributed by atoms with van der Waals surface area (Å²) in [5.41, 5.74) is 4.31. The summed E-state index contributed by atoms with van der Waals surface area (Å²) in [5, 5.41) is 3.50. The number of anilines is 1. The van der Waals surface area contributed by atoms with Gasteiger partial charge in [-0.05, 0) is 43.7 Å². The van der Waals surface area contributed by atoms with Gasteiger partial charge in [0.1, 0.15) is 0 Å². The van der Waals surface area contributed by atoms with E-state index in [2.05, 4.69) is 10.3 Å². The van der Waals surface area contributed by atoms with Gasteiger partial charge >= 0.3 is 0 Å². The van der Waals surface area contributed by atoms with Crippen LogP contribution in [0.5, 0.6) is 0 Å². The molecule has 112 valence electrons. The van der Waals surface area contributed by atoms with Gasteiger partial charge in [0.15, 0.2) is 0 Å². The number of aromatic nitrogens is 2. The summed E-state index contributed by atoms with van der Waals surface area (Å²) < 4.78 is 1.84. The van der Waals surface area contributed by atoms with Crippen LogP contribution in [0.4, 0.5) is 5.95 Å². The second-order valence-corrected chi connectivity index (χ2v) is 5.84. The van der Waals surface area contributed by atoms with Crippen molar-refractivity contribution in [3.63, 3.8) is 0 Å². The number of nitrogens with one attached hydrogen (secondary N) is 1. The Bertz CT molecular complexity index is 883. The summed E-state index contributed by atoms with van der Waals surface area (Å²) in [6.45, 7) is 3.89. The van der Waals surface area contributed by atoms with Crippen LogP contribution in [0.3, 0.4) is 0 Å². The lowest BCUT2D eigenvalue weighted by Gasteiger charge is -2.08. The molecule has 0 aliphatic rings. The Labute approximate surface area is 133 Å². The molecule has 4 nitrogen and oxygen atoms in total. The van der Waals surface area contributed by atoms with E-state index in [0.29, 0.717) is 16.5 Å². The van der Waals surface area contributed by atoms with Crippen molar-refractivity contribution in [2.75, 3.05) is 5.32 Å². The van der Waals surface area contributed by atoms with E-state index in [1.54, 1.807) is 6.07 Å². The molecule has 0 radical (unpaired) electrons. The number of rotatable bonds is 2. The van der Waals surface area contributed by atoms with Crippen LogP contribution in [-0.2, 0) is 7.05 Å². The number of aryl methyl sites for hydroxylation is 3. The Balaban J connectivity index is 1.97. The van der Waals surface area contributed by atoms with Gasteiger partial charge in [0.2, 0.25) is 5.95 Å². The van der Waals surface area contributed by atoms with Gasteiger partial charge < -0.3 is 4.57 Å². The molecule has 1 N–H and O–H groups in total. The number of fused-ring (bicyclic) bond motifs is 1. The molecule has 5 heteroatoms. The highest BCUT2D eigenvalue weighted by Crippen LogP contribution is 2.22. The molecule has 2 aromatic carbocycles. The molecule has 3 aromatic rings. The summed E-state index contributed by atoms with van der Waals surface area (Å²) in [4.78, 5) is 16.9. The molecule has 0 fully saturated rings. The molecular formula is C17H16ClN3O. The molecule has 0 saturated heterocycles. The standard InChI is InChI=1S/C17H16ClN3O/c1-10-4-5-11(2)13(8-10)16(22)20-17-19-14-9-12(18)6-7-15(14)21(17)3/h4-9H,1-3H3,(H,19,20,22). The van der Waals surface area contributed by atoms with Crippen molar-refractivity contribution < 1.29 is 4.79 Å². The fourth-order valence-corrected chi connectivity index (χ4v) is 2.60. The van der Waals surface area contributed by atoms with E-state index < -0.39 is 0 Å². The van der Waals surface area contributed by atoms with Crippen molar-refractivity contribution in [3.05, 3.63) is 58.1 Å². The predicted molar refractivity (Wildman–Crippen MR) is 89.6 cm³/mol. The summed E-state index contributed by atoms with van der Waals surface area (Å²) in [6, 6.07) is 11.3. The van der Waals surface area contributed by atoms with Gasteiger partial charge in [0, 0.05) is 17.6 Å². The van der Waals surface area contributed by atoms with Gasteiger partial charge in [0.05, 0.1) is 11.0 Å². The van der Waals surface area contributed by atoms with Crippen LogP contribution in [-0.4, -0.2) is 15.5 Å². The van der Waals surface area contributed by atoms with E-state index in [1.165, 1.54) is 0 Å². The smallest absolute Gasteiger partial charge is 0.258 e. The van der Waals surface area contributed by atoms with Crippen molar-refractivity contribution >= 4 is 34.5 Å². The van der Waals surface area contributed by atoms with Crippen LogP contribution < -0.4 is 5.32 Å². The van der Waals surface area contributed by atoms with Crippen LogP contribution in [0.2, 0.25) is 5.02 Å². The number of carbonyl (C=O) groups is 1. The Morgan fingerprint density at radius 2 is 1.95 bits per heavy atom. The molecule has 22 heavy (non-hydrogen) atoms. The molecular weight excluding hydrogens is 298 g/mol. The minimum Gasteiger partial charge on any atom is -0.313 e. The SMILES string of the molecule is Cc1ccc(C)c(C(=O)Nc2nc3cc(Cl)ccc3n2C)c1. The van der Waals surface area contributed by atoms with Crippen molar-refractivity contribution in [3.8, 4) is 0 Å². The fraction of sp³-hybridized carbons (Fsp3) is 0.176. The topological polar surface area (TPSA) is 46.9 Å². The number of imidazole rings is 1. The zero-order chi connectivity index (χ0) is 15.9. The van der Waals surface area contributed by atoms with Crippen molar-refractivity contribution in [1.29, 1.82) is 0 Å². The highest BCUT2D eigenvalue weighted by atomic mass is 35.5. The Kier molecular flexibility index (Phi) is 3.62.